The molecule has 0 radical (unpaired) electrons. The third-order valence-electron chi connectivity index (χ3n) is 4.98. The lowest BCUT2D eigenvalue weighted by molar-refractivity contribution is -0.147. The van der Waals surface area contributed by atoms with Crippen LogP contribution in [-0.2, 0) is 33.3 Å². The molecule has 2 aliphatic heterocycles. The van der Waals surface area contributed by atoms with Gasteiger partial charge in [0.05, 0.1) is 5.48 Å². The van der Waals surface area contributed by atoms with E-state index in [-0.39, 0.29) is 34.3 Å². The summed E-state index contributed by atoms with van der Waals surface area (Å²) in [6.45, 7) is -3.89. The maximum absolute atomic E-state index is 14.8. The summed E-state index contributed by atoms with van der Waals surface area (Å²) in [6, 6.07) is 2.39. The molecular weight excluding hydrogens is 444 g/mol. The predicted molar refractivity (Wildman–Crippen MR) is 110 cm³/mol. The van der Waals surface area contributed by atoms with E-state index in [1.165, 1.54) is 0 Å². The molecule has 1 saturated heterocycles. The van der Waals surface area contributed by atoms with Crippen molar-refractivity contribution >= 4 is 35.2 Å². The van der Waals surface area contributed by atoms with E-state index < -0.39 is 71.8 Å². The van der Waals surface area contributed by atoms with Crippen LogP contribution in [0.5, 0.6) is 0 Å². The van der Waals surface area contributed by atoms with Gasteiger partial charge in [0.2, 0.25) is 11.8 Å². The molecule has 10 heteroatoms. The molecule has 2 heterocycles. The molecular formula is C22H18ClF2N3O4. The molecule has 2 aromatic carbocycles. The number of halogens is 3. The highest BCUT2D eigenvalue weighted by atomic mass is 35.5. The molecule has 32 heavy (non-hydrogen) atoms. The molecule has 0 aliphatic carbocycles. The quantitative estimate of drug-likeness (QED) is 0.662. The number of carbonyl (C=O) groups excluding carboxylic acids is 4. The highest BCUT2D eigenvalue weighted by molar-refractivity contribution is 6.30. The minimum Gasteiger partial charge on any atom is -0.346 e. The van der Waals surface area contributed by atoms with Crippen molar-refractivity contribution in [2.45, 2.75) is 37.8 Å². The Labute approximate surface area is 193 Å². The molecule has 2 aliphatic rings. The van der Waals surface area contributed by atoms with Crippen molar-refractivity contribution in [3.05, 3.63) is 69.7 Å². The summed E-state index contributed by atoms with van der Waals surface area (Å²) in [4.78, 5) is 50.1. The zero-order valence-corrected chi connectivity index (χ0v) is 17.0. The number of hydrogen-bond acceptors (Lipinski definition) is 4. The highest BCUT2D eigenvalue weighted by Gasteiger charge is 2.41. The Hall–Kier alpha value is -3.33. The van der Waals surface area contributed by atoms with Crippen molar-refractivity contribution in [1.82, 2.24) is 15.5 Å². The molecule has 4 amide bonds. The Kier molecular flexibility index (Phi) is 4.24. The first kappa shape index (κ1) is 16.3. The monoisotopic (exact) mass is 466 g/mol. The Morgan fingerprint density at radius 1 is 1.34 bits per heavy atom. The average Bonchev–Trinajstić information content (AvgIpc) is 3.11. The summed E-state index contributed by atoms with van der Waals surface area (Å²) in [5, 5.41) is 1.86. The molecule has 2 aromatic rings. The molecule has 0 saturated carbocycles. The molecule has 1 fully saturated rings. The first-order valence-corrected chi connectivity index (χ1v) is 9.76. The van der Waals surface area contributed by atoms with Gasteiger partial charge in [-0.25, -0.2) is 0 Å². The Morgan fingerprint density at radius 2 is 2.06 bits per heavy atom. The molecule has 0 aromatic heterocycles. The van der Waals surface area contributed by atoms with E-state index in [9.17, 15) is 28.0 Å². The molecule has 3 unspecified atom stereocenters. The maximum Gasteiger partial charge on any atom is 0.349 e. The standard InChI is InChI=1S/C22H18ClF2N3O4/c23-15-4-2-14(3-5-15)22(24,25)21(32)26-10-12-1-6-16-13(9-12)11-28(20(16)31)17-7-8-18(29)27-19(17)30/h1-6,9,17H,7-8,10-11H2,(H,26,32)(H,27,29,30)/i6D,9D,10D,11D/hD. The van der Waals surface area contributed by atoms with E-state index in [4.69, 9.17) is 18.5 Å². The van der Waals surface area contributed by atoms with E-state index in [0.29, 0.717) is 0 Å². The lowest BCUT2D eigenvalue weighted by atomic mass is 10.0. The van der Waals surface area contributed by atoms with Gasteiger partial charge in [-0.15, -0.1) is 0 Å². The van der Waals surface area contributed by atoms with Gasteiger partial charge in [-0.05, 0) is 35.7 Å². The molecule has 3 atom stereocenters. The number of fused-ring (bicyclic) bond motifs is 1. The summed E-state index contributed by atoms with van der Waals surface area (Å²) in [5.74, 6) is -8.58. The van der Waals surface area contributed by atoms with Crippen molar-refractivity contribution in [1.29, 1.82) is 0 Å². The maximum atomic E-state index is 14.8. The van der Waals surface area contributed by atoms with E-state index >= 15 is 0 Å². The second-order valence-corrected chi connectivity index (χ2v) is 7.55. The van der Waals surface area contributed by atoms with Crippen LogP contribution in [0, 0.1) is 0 Å². The van der Waals surface area contributed by atoms with Crippen LogP contribution >= 0.6 is 11.6 Å². The summed E-state index contributed by atoms with van der Waals surface area (Å²) in [5.41, 5.74) is -2.06. The van der Waals surface area contributed by atoms with Crippen molar-refractivity contribution < 1.29 is 34.9 Å². The first-order valence-electron chi connectivity index (χ1n) is 12.0. The number of benzene rings is 2. The SMILES string of the molecule is [2H]c1cc(C([2H])N([2H])C(=O)C(F)(F)c2ccc(Cl)cc2)c([2H])c2c1C(=O)N(C1CCC(=O)NC1=O)C2[2H]. The molecule has 0 bridgehead atoms. The van der Waals surface area contributed by atoms with Gasteiger partial charge < -0.3 is 10.2 Å². The lowest BCUT2D eigenvalue weighted by Crippen LogP contribution is -2.52. The molecule has 166 valence electrons. The summed E-state index contributed by atoms with van der Waals surface area (Å²) < 4.78 is 70.9. The van der Waals surface area contributed by atoms with Gasteiger partial charge in [0.25, 0.3) is 11.8 Å². The average molecular weight is 467 g/mol. The number of piperidine rings is 1. The summed E-state index contributed by atoms with van der Waals surface area (Å²) in [6.07, 6.45) is -0.175. The lowest BCUT2D eigenvalue weighted by Gasteiger charge is -2.29. The number of rotatable bonds is 5. The Morgan fingerprint density at radius 3 is 2.75 bits per heavy atom. The van der Waals surface area contributed by atoms with Crippen LogP contribution in [0.15, 0.2) is 42.4 Å². The zero-order valence-electron chi connectivity index (χ0n) is 21.2. The second-order valence-electron chi connectivity index (χ2n) is 7.11. The molecule has 2 N–H and O–H groups in total. The van der Waals surface area contributed by atoms with Gasteiger partial charge in [0.15, 0.2) is 1.41 Å². The molecule has 0 spiro atoms. The van der Waals surface area contributed by atoms with Crippen LogP contribution < -0.4 is 10.6 Å². The number of carbonyl (C=O) groups is 4. The van der Waals surface area contributed by atoms with Gasteiger partial charge in [-0.3, -0.25) is 24.5 Å². The van der Waals surface area contributed by atoms with Gasteiger partial charge in [0.1, 0.15) is 6.04 Å². The fraction of sp³-hybridized carbons (Fsp3) is 0.273. The van der Waals surface area contributed by atoms with Gasteiger partial charge in [-0.1, -0.05) is 35.8 Å². The van der Waals surface area contributed by atoms with Gasteiger partial charge >= 0.3 is 5.92 Å². The Bertz CT molecular complexity index is 1330. The van der Waals surface area contributed by atoms with Crippen LogP contribution in [0.4, 0.5) is 8.78 Å². The summed E-state index contributed by atoms with van der Waals surface area (Å²) in [7, 11) is 0. The second kappa shape index (κ2) is 8.31. The van der Waals surface area contributed by atoms with Crippen molar-refractivity contribution in [2.24, 2.45) is 0 Å². The molecule has 7 nitrogen and oxygen atoms in total. The zero-order chi connectivity index (χ0) is 27.4. The van der Waals surface area contributed by atoms with Crippen LogP contribution in [-0.4, -0.2) is 34.6 Å². The van der Waals surface area contributed by atoms with E-state index in [2.05, 4.69) is 5.32 Å². The topological polar surface area (TPSA) is 95.6 Å². The third-order valence-corrected chi connectivity index (χ3v) is 5.23. The number of amides is 4. The Balaban J connectivity index is 1.67. The van der Waals surface area contributed by atoms with Crippen LogP contribution in [0.25, 0.3) is 0 Å². The number of hydrogen-bond donors (Lipinski definition) is 2. The minimum absolute atomic E-state index is 0.0802. The van der Waals surface area contributed by atoms with E-state index in [0.717, 1.165) is 35.2 Å². The third kappa shape index (κ3) is 4.08. The smallest absolute Gasteiger partial charge is 0.346 e. The fourth-order valence-corrected chi connectivity index (χ4v) is 3.45. The van der Waals surface area contributed by atoms with Crippen LogP contribution in [0.3, 0.4) is 0 Å². The number of nitrogens with one attached hydrogen (secondary N) is 2. The number of imide groups is 1. The van der Waals surface area contributed by atoms with Crippen LogP contribution in [0.1, 0.15) is 45.4 Å². The largest absolute Gasteiger partial charge is 0.349 e. The molecule has 4 rings (SSSR count). The van der Waals surface area contributed by atoms with Gasteiger partial charge in [0, 0.05) is 35.6 Å². The predicted octanol–water partition coefficient (Wildman–Crippen LogP) is 2.51. The minimum atomic E-state index is -4.22. The summed E-state index contributed by atoms with van der Waals surface area (Å²) >= 11 is 5.68. The highest BCUT2D eigenvalue weighted by Crippen LogP contribution is 2.30. The number of nitrogens with zero attached hydrogens (tertiary/aromatic N) is 1. The first-order chi connectivity index (χ1) is 17.3. The number of alkyl halides is 2. The normalized spacial score (nSPS) is 23.9. The van der Waals surface area contributed by atoms with Gasteiger partial charge in [-0.2, -0.15) is 8.78 Å². The fourth-order valence-electron chi connectivity index (χ4n) is 3.32. The van der Waals surface area contributed by atoms with Crippen LogP contribution in [0.2, 0.25) is 6.43 Å². The van der Waals surface area contributed by atoms with Crippen molar-refractivity contribution in [3.63, 3.8) is 0 Å². The van der Waals surface area contributed by atoms with E-state index in [1.807, 2.05) is 0 Å². The van der Waals surface area contributed by atoms with Crippen molar-refractivity contribution in [2.75, 3.05) is 0 Å². The van der Waals surface area contributed by atoms with Crippen molar-refractivity contribution in [3.8, 4) is 0 Å². The van der Waals surface area contributed by atoms with E-state index in [1.54, 1.807) is 0 Å².